The third-order valence-electron chi connectivity index (χ3n) is 4.86. The second-order valence-corrected chi connectivity index (χ2v) is 9.19. The molecule has 2 heterocycles. The molecule has 1 amide bonds. The molecule has 7 heteroatoms. The number of fused-ring (bicyclic) bond motifs is 1. The van der Waals surface area contributed by atoms with Crippen molar-refractivity contribution in [3.63, 3.8) is 0 Å². The molecule has 0 spiro atoms. The van der Waals surface area contributed by atoms with Gasteiger partial charge < -0.3 is 8.98 Å². The Balaban J connectivity index is 1.54. The molecule has 0 aliphatic rings. The first-order valence-corrected chi connectivity index (χ1v) is 11.2. The summed E-state index contributed by atoms with van der Waals surface area (Å²) in [6, 6.07) is 16.0. The van der Waals surface area contributed by atoms with Crippen LogP contribution in [0.5, 0.6) is 0 Å². The summed E-state index contributed by atoms with van der Waals surface area (Å²) in [6.07, 6.45) is 1.66. The second kappa shape index (κ2) is 8.39. The van der Waals surface area contributed by atoms with Crippen LogP contribution in [0.2, 0.25) is 0 Å². The molecule has 0 radical (unpaired) electrons. The van der Waals surface area contributed by atoms with E-state index in [2.05, 4.69) is 85.7 Å². The van der Waals surface area contributed by atoms with Gasteiger partial charge in [-0.3, -0.25) is 4.79 Å². The summed E-state index contributed by atoms with van der Waals surface area (Å²) < 4.78 is 9.76. The van der Waals surface area contributed by atoms with Gasteiger partial charge in [0.2, 0.25) is 0 Å². The predicted octanol–water partition coefficient (Wildman–Crippen LogP) is 6.28. The molecule has 0 fully saturated rings. The van der Waals surface area contributed by atoms with E-state index < -0.39 is 0 Å². The third-order valence-corrected chi connectivity index (χ3v) is 6.12. The van der Waals surface area contributed by atoms with Crippen LogP contribution >= 0.6 is 38.5 Å². The van der Waals surface area contributed by atoms with Crippen molar-refractivity contribution >= 4 is 61.6 Å². The Kier molecular flexibility index (Phi) is 5.84. The van der Waals surface area contributed by atoms with Crippen molar-refractivity contribution in [2.75, 3.05) is 0 Å². The number of halogens is 2. The zero-order valence-electron chi connectivity index (χ0n) is 16.7. The van der Waals surface area contributed by atoms with Crippen molar-refractivity contribution in [1.82, 2.24) is 9.99 Å². The van der Waals surface area contributed by atoms with Gasteiger partial charge in [-0.25, -0.2) is 5.43 Å². The highest BCUT2D eigenvalue weighted by Gasteiger charge is 2.14. The van der Waals surface area contributed by atoms with Gasteiger partial charge in [0.25, 0.3) is 0 Å². The summed E-state index contributed by atoms with van der Waals surface area (Å²) in [6.45, 7) is 6.17. The van der Waals surface area contributed by atoms with Gasteiger partial charge in [-0.2, -0.15) is 5.10 Å². The monoisotopic (exact) mass is 575 g/mol. The molecule has 4 aromatic rings. The Hall–Kier alpha value is -2.39. The molecule has 0 saturated carbocycles. The van der Waals surface area contributed by atoms with Gasteiger partial charge in [0.05, 0.1) is 9.78 Å². The molecule has 0 unspecified atom stereocenters. The molecule has 152 valence electrons. The smallest absolute Gasteiger partial charge is 0.307 e. The quantitative estimate of drug-likeness (QED) is 0.177. The maximum absolute atomic E-state index is 12.5. The molecule has 2 aromatic carbocycles. The van der Waals surface area contributed by atoms with E-state index in [1.54, 1.807) is 12.3 Å². The minimum Gasteiger partial charge on any atom is -0.450 e. The molecular weight excluding hydrogens is 557 g/mol. The summed E-state index contributed by atoms with van der Waals surface area (Å²) in [5.74, 6) is -0.162. The molecule has 2 aromatic heterocycles. The number of carbonyl (C=O) groups excluding carboxylic acids is 1. The highest BCUT2D eigenvalue weighted by Crippen LogP contribution is 2.28. The van der Waals surface area contributed by atoms with Crippen LogP contribution < -0.4 is 5.43 Å². The van der Waals surface area contributed by atoms with Gasteiger partial charge in [0.1, 0.15) is 5.58 Å². The Morgan fingerprint density at radius 1 is 1.17 bits per heavy atom. The standard InChI is InChI=1S/C23H19BrIN3O2/c1-13-5-4-6-19(7-13)28-14(2)8-17(15(28)3)12-26-27-23(29)21-10-16-9-18(24)11-20(25)22(16)30-21/h4-12H,1-3H3,(H,27,29)/b26-12-. The highest BCUT2D eigenvalue weighted by molar-refractivity contribution is 14.1. The topological polar surface area (TPSA) is 59.5 Å². The number of benzene rings is 2. The van der Waals surface area contributed by atoms with E-state index in [-0.39, 0.29) is 11.7 Å². The molecule has 30 heavy (non-hydrogen) atoms. The van der Waals surface area contributed by atoms with Crippen LogP contribution in [-0.4, -0.2) is 16.7 Å². The first-order chi connectivity index (χ1) is 14.3. The van der Waals surface area contributed by atoms with Gasteiger partial charge in [0, 0.05) is 32.5 Å². The lowest BCUT2D eigenvalue weighted by molar-refractivity contribution is 0.0929. The average molecular weight is 576 g/mol. The Morgan fingerprint density at radius 2 is 1.97 bits per heavy atom. The van der Waals surface area contributed by atoms with Crippen LogP contribution in [0.25, 0.3) is 16.7 Å². The molecular formula is C23H19BrIN3O2. The summed E-state index contributed by atoms with van der Waals surface area (Å²) in [5, 5.41) is 5.01. The van der Waals surface area contributed by atoms with E-state index in [1.165, 1.54) is 5.56 Å². The van der Waals surface area contributed by atoms with Crippen LogP contribution in [0.4, 0.5) is 0 Å². The maximum atomic E-state index is 12.5. The molecule has 0 atom stereocenters. The highest BCUT2D eigenvalue weighted by atomic mass is 127. The number of rotatable bonds is 4. The number of hydrogen-bond acceptors (Lipinski definition) is 3. The van der Waals surface area contributed by atoms with E-state index in [1.807, 2.05) is 31.2 Å². The number of hydrogen-bond donors (Lipinski definition) is 1. The van der Waals surface area contributed by atoms with E-state index in [9.17, 15) is 4.79 Å². The number of amides is 1. The number of nitrogens with one attached hydrogen (secondary N) is 1. The molecule has 5 nitrogen and oxygen atoms in total. The van der Waals surface area contributed by atoms with Gasteiger partial charge >= 0.3 is 5.91 Å². The largest absolute Gasteiger partial charge is 0.450 e. The molecule has 1 N–H and O–H groups in total. The van der Waals surface area contributed by atoms with E-state index in [0.717, 1.165) is 36.1 Å². The minimum atomic E-state index is -0.387. The number of carbonyl (C=O) groups is 1. The molecule has 0 aliphatic carbocycles. The molecule has 0 saturated heterocycles. The van der Waals surface area contributed by atoms with E-state index >= 15 is 0 Å². The third kappa shape index (κ3) is 4.09. The van der Waals surface area contributed by atoms with Gasteiger partial charge in [-0.15, -0.1) is 0 Å². The van der Waals surface area contributed by atoms with Gasteiger partial charge in [-0.05, 0) is 85.3 Å². The lowest BCUT2D eigenvalue weighted by atomic mass is 10.2. The average Bonchev–Trinajstić information content (AvgIpc) is 3.23. The number of hydrazone groups is 1. The Labute approximate surface area is 196 Å². The molecule has 4 rings (SSSR count). The fourth-order valence-electron chi connectivity index (χ4n) is 3.49. The first kappa shape index (κ1) is 20.9. The van der Waals surface area contributed by atoms with E-state index in [4.69, 9.17) is 4.42 Å². The van der Waals surface area contributed by atoms with Crippen molar-refractivity contribution in [1.29, 1.82) is 0 Å². The van der Waals surface area contributed by atoms with Gasteiger partial charge in [-0.1, -0.05) is 28.1 Å². The van der Waals surface area contributed by atoms with Crippen LogP contribution in [-0.2, 0) is 0 Å². The summed E-state index contributed by atoms with van der Waals surface area (Å²) in [4.78, 5) is 12.5. The van der Waals surface area contributed by atoms with Crippen molar-refractivity contribution in [2.45, 2.75) is 20.8 Å². The van der Waals surface area contributed by atoms with Crippen molar-refractivity contribution in [2.24, 2.45) is 5.10 Å². The fourth-order valence-corrected chi connectivity index (χ4v) is 5.15. The number of furan rings is 1. The van der Waals surface area contributed by atoms with Crippen LogP contribution in [0.3, 0.4) is 0 Å². The summed E-state index contributed by atoms with van der Waals surface area (Å²) in [5.41, 5.74) is 8.66. The second-order valence-electron chi connectivity index (χ2n) is 7.12. The van der Waals surface area contributed by atoms with Crippen LogP contribution in [0.1, 0.15) is 33.1 Å². The summed E-state index contributed by atoms with van der Waals surface area (Å²) in [7, 11) is 0. The van der Waals surface area contributed by atoms with Crippen LogP contribution in [0, 0.1) is 24.3 Å². The normalized spacial score (nSPS) is 11.5. The predicted molar refractivity (Wildman–Crippen MR) is 132 cm³/mol. The van der Waals surface area contributed by atoms with Crippen LogP contribution in [0.15, 0.2) is 62.5 Å². The van der Waals surface area contributed by atoms with Gasteiger partial charge in [0.15, 0.2) is 5.76 Å². The van der Waals surface area contributed by atoms with Crippen molar-refractivity contribution in [3.8, 4) is 5.69 Å². The zero-order chi connectivity index (χ0) is 21.4. The van der Waals surface area contributed by atoms with Crippen molar-refractivity contribution < 1.29 is 9.21 Å². The van der Waals surface area contributed by atoms with Crippen molar-refractivity contribution in [3.05, 3.63) is 84.8 Å². The SMILES string of the molecule is Cc1cccc(-n2c(C)cc(/C=N\NC(=O)c3cc4cc(Br)cc(I)c4o3)c2C)c1. The lowest BCUT2D eigenvalue weighted by Crippen LogP contribution is -2.16. The van der Waals surface area contributed by atoms with E-state index in [0.29, 0.717) is 5.58 Å². The summed E-state index contributed by atoms with van der Waals surface area (Å²) >= 11 is 5.65. The lowest BCUT2D eigenvalue weighted by Gasteiger charge is -2.10. The maximum Gasteiger partial charge on any atom is 0.307 e. The minimum absolute atomic E-state index is 0.225. The fraction of sp³-hybridized carbons (Fsp3) is 0.130. The number of aryl methyl sites for hydroxylation is 2. The first-order valence-electron chi connectivity index (χ1n) is 9.31. The Bertz CT molecular complexity index is 1300. The molecule has 0 aliphatic heterocycles. The number of aromatic nitrogens is 1. The zero-order valence-corrected chi connectivity index (χ0v) is 20.4. The molecule has 0 bridgehead atoms. The number of nitrogens with zero attached hydrogens (tertiary/aromatic N) is 2. The Morgan fingerprint density at radius 3 is 2.73 bits per heavy atom.